The first-order chi connectivity index (χ1) is 10.4. The second-order valence-corrected chi connectivity index (χ2v) is 4.50. The predicted molar refractivity (Wildman–Crippen MR) is 72.1 cm³/mol. The highest BCUT2D eigenvalue weighted by atomic mass is 19.4. The molecule has 0 unspecified atom stereocenters. The molecule has 0 aliphatic rings. The first-order valence-corrected chi connectivity index (χ1v) is 6.44. The SMILES string of the molecule is O=C(NCCCNC(=O)C(F)(F)F)c1ccc2nc[nH]c2c1. The highest BCUT2D eigenvalue weighted by Crippen LogP contribution is 2.14. The van der Waals surface area contributed by atoms with E-state index < -0.39 is 12.1 Å². The minimum atomic E-state index is -4.89. The molecule has 1 aromatic heterocycles. The molecular weight excluding hydrogens is 301 g/mol. The van der Waals surface area contributed by atoms with Crippen LogP contribution in [0.1, 0.15) is 16.8 Å². The Kier molecular flexibility index (Phi) is 4.64. The lowest BCUT2D eigenvalue weighted by atomic mass is 10.2. The van der Waals surface area contributed by atoms with Crippen LogP contribution in [0.25, 0.3) is 11.0 Å². The van der Waals surface area contributed by atoms with Gasteiger partial charge >= 0.3 is 12.1 Å². The van der Waals surface area contributed by atoms with E-state index in [1.54, 1.807) is 23.5 Å². The highest BCUT2D eigenvalue weighted by Gasteiger charge is 2.38. The number of nitrogens with one attached hydrogen (secondary N) is 3. The molecule has 0 aliphatic carbocycles. The van der Waals surface area contributed by atoms with E-state index in [1.807, 2.05) is 0 Å². The topological polar surface area (TPSA) is 86.9 Å². The van der Waals surface area contributed by atoms with Crippen LogP contribution in [0.5, 0.6) is 0 Å². The summed E-state index contributed by atoms with van der Waals surface area (Å²) in [4.78, 5) is 29.3. The van der Waals surface area contributed by atoms with Crippen molar-refractivity contribution in [2.45, 2.75) is 12.6 Å². The van der Waals surface area contributed by atoms with Gasteiger partial charge in [-0.05, 0) is 24.6 Å². The van der Waals surface area contributed by atoms with Crippen molar-refractivity contribution < 1.29 is 22.8 Å². The van der Waals surface area contributed by atoms with Crippen LogP contribution in [0.2, 0.25) is 0 Å². The van der Waals surface area contributed by atoms with Crippen molar-refractivity contribution in [3.63, 3.8) is 0 Å². The van der Waals surface area contributed by atoms with E-state index in [0.29, 0.717) is 11.1 Å². The Morgan fingerprint density at radius 1 is 1.18 bits per heavy atom. The molecule has 2 aromatic rings. The van der Waals surface area contributed by atoms with Gasteiger partial charge in [0.25, 0.3) is 5.91 Å². The van der Waals surface area contributed by atoms with Crippen LogP contribution in [0.3, 0.4) is 0 Å². The second-order valence-electron chi connectivity index (χ2n) is 4.50. The average molecular weight is 314 g/mol. The van der Waals surface area contributed by atoms with E-state index in [4.69, 9.17) is 0 Å². The first-order valence-electron chi connectivity index (χ1n) is 6.44. The van der Waals surface area contributed by atoms with Crippen LogP contribution in [-0.4, -0.2) is 41.0 Å². The summed E-state index contributed by atoms with van der Waals surface area (Å²) < 4.78 is 35.8. The van der Waals surface area contributed by atoms with Crippen LogP contribution in [-0.2, 0) is 4.79 Å². The minimum Gasteiger partial charge on any atom is -0.352 e. The number of aromatic nitrogens is 2. The molecule has 2 rings (SSSR count). The molecule has 0 saturated heterocycles. The van der Waals surface area contributed by atoms with Crippen LogP contribution in [0.4, 0.5) is 13.2 Å². The molecule has 118 valence electrons. The molecule has 0 spiro atoms. The Bertz CT molecular complexity index is 681. The van der Waals surface area contributed by atoms with Gasteiger partial charge in [0, 0.05) is 18.7 Å². The lowest BCUT2D eigenvalue weighted by molar-refractivity contribution is -0.173. The number of carbonyl (C=O) groups is 2. The van der Waals surface area contributed by atoms with Crippen molar-refractivity contribution in [1.29, 1.82) is 0 Å². The number of alkyl halides is 3. The van der Waals surface area contributed by atoms with Gasteiger partial charge in [0.05, 0.1) is 17.4 Å². The number of imidazole rings is 1. The molecule has 0 atom stereocenters. The smallest absolute Gasteiger partial charge is 0.352 e. The molecule has 0 aliphatic heterocycles. The van der Waals surface area contributed by atoms with Crippen LogP contribution in [0.15, 0.2) is 24.5 Å². The molecule has 0 radical (unpaired) electrons. The quantitative estimate of drug-likeness (QED) is 0.728. The summed E-state index contributed by atoms with van der Waals surface area (Å²) >= 11 is 0. The summed E-state index contributed by atoms with van der Waals surface area (Å²) in [6.07, 6.45) is -3.18. The third-order valence-electron chi connectivity index (χ3n) is 2.86. The van der Waals surface area contributed by atoms with Crippen molar-refractivity contribution >= 4 is 22.8 Å². The van der Waals surface area contributed by atoms with E-state index in [9.17, 15) is 22.8 Å². The highest BCUT2D eigenvalue weighted by molar-refractivity contribution is 5.97. The van der Waals surface area contributed by atoms with Gasteiger partial charge in [-0.3, -0.25) is 9.59 Å². The van der Waals surface area contributed by atoms with E-state index >= 15 is 0 Å². The van der Waals surface area contributed by atoms with E-state index in [2.05, 4.69) is 15.3 Å². The molecule has 0 bridgehead atoms. The van der Waals surface area contributed by atoms with Gasteiger partial charge in [0.1, 0.15) is 0 Å². The van der Waals surface area contributed by atoms with E-state index in [-0.39, 0.29) is 25.4 Å². The van der Waals surface area contributed by atoms with Gasteiger partial charge in [0.15, 0.2) is 0 Å². The number of nitrogens with zero attached hydrogens (tertiary/aromatic N) is 1. The Hall–Kier alpha value is -2.58. The Labute approximate surface area is 123 Å². The fourth-order valence-corrected chi connectivity index (χ4v) is 1.77. The number of rotatable bonds is 5. The normalized spacial score (nSPS) is 11.4. The van der Waals surface area contributed by atoms with Crippen molar-refractivity contribution in [2.24, 2.45) is 0 Å². The summed E-state index contributed by atoms with van der Waals surface area (Å²) in [5.74, 6) is -2.33. The Balaban J connectivity index is 1.75. The third-order valence-corrected chi connectivity index (χ3v) is 2.86. The molecule has 0 saturated carbocycles. The molecule has 2 amide bonds. The molecule has 3 N–H and O–H groups in total. The molecular formula is C13H13F3N4O2. The summed E-state index contributed by atoms with van der Waals surface area (Å²) in [6, 6.07) is 4.91. The van der Waals surface area contributed by atoms with Gasteiger partial charge in [0.2, 0.25) is 0 Å². The van der Waals surface area contributed by atoms with Gasteiger partial charge < -0.3 is 15.6 Å². The molecule has 1 heterocycles. The molecule has 6 nitrogen and oxygen atoms in total. The zero-order chi connectivity index (χ0) is 16.2. The summed E-state index contributed by atoms with van der Waals surface area (Å²) in [5, 5.41) is 4.29. The number of hydrogen-bond donors (Lipinski definition) is 3. The molecule has 9 heteroatoms. The summed E-state index contributed by atoms with van der Waals surface area (Å²) in [7, 11) is 0. The van der Waals surface area contributed by atoms with Crippen molar-refractivity contribution in [2.75, 3.05) is 13.1 Å². The lowest BCUT2D eigenvalue weighted by Crippen LogP contribution is -2.38. The van der Waals surface area contributed by atoms with Gasteiger partial charge in [-0.2, -0.15) is 13.2 Å². The van der Waals surface area contributed by atoms with E-state index in [0.717, 1.165) is 5.52 Å². The fraction of sp³-hybridized carbons (Fsp3) is 0.308. The third kappa shape index (κ3) is 3.96. The number of hydrogen-bond acceptors (Lipinski definition) is 3. The number of amides is 2. The predicted octanol–water partition coefficient (Wildman–Crippen LogP) is 1.36. The number of aromatic amines is 1. The monoisotopic (exact) mass is 314 g/mol. The lowest BCUT2D eigenvalue weighted by Gasteiger charge is -2.08. The van der Waals surface area contributed by atoms with Gasteiger partial charge in [-0.1, -0.05) is 0 Å². The summed E-state index contributed by atoms with van der Waals surface area (Å²) in [6.45, 7) is -0.0177. The maximum absolute atomic E-state index is 11.9. The maximum Gasteiger partial charge on any atom is 0.471 e. The van der Waals surface area contributed by atoms with Crippen molar-refractivity contribution in [3.8, 4) is 0 Å². The Morgan fingerprint density at radius 2 is 1.91 bits per heavy atom. The molecule has 1 aromatic carbocycles. The second kappa shape index (κ2) is 6.46. The van der Waals surface area contributed by atoms with Gasteiger partial charge in [-0.25, -0.2) is 4.98 Å². The average Bonchev–Trinajstić information content (AvgIpc) is 2.92. The zero-order valence-corrected chi connectivity index (χ0v) is 11.3. The first kappa shape index (κ1) is 15.8. The van der Waals surface area contributed by atoms with Gasteiger partial charge in [-0.15, -0.1) is 0 Å². The number of halogens is 3. The fourth-order valence-electron chi connectivity index (χ4n) is 1.77. The van der Waals surface area contributed by atoms with Crippen LogP contribution < -0.4 is 10.6 Å². The van der Waals surface area contributed by atoms with Crippen molar-refractivity contribution in [1.82, 2.24) is 20.6 Å². The molecule has 0 fully saturated rings. The standard InChI is InChI=1S/C13H13F3N4O2/c14-13(15,16)12(22)18-5-1-4-17-11(21)8-2-3-9-10(6-8)20-7-19-9/h2-3,6-7H,1,4-5H2,(H,17,21)(H,18,22)(H,19,20). The van der Waals surface area contributed by atoms with Crippen LogP contribution >= 0.6 is 0 Å². The minimum absolute atomic E-state index is 0.151. The van der Waals surface area contributed by atoms with Crippen molar-refractivity contribution in [3.05, 3.63) is 30.1 Å². The largest absolute Gasteiger partial charge is 0.471 e. The number of benzene rings is 1. The van der Waals surface area contributed by atoms with Crippen LogP contribution in [0, 0.1) is 0 Å². The summed E-state index contributed by atoms with van der Waals surface area (Å²) in [5.41, 5.74) is 1.85. The number of carbonyl (C=O) groups excluding carboxylic acids is 2. The zero-order valence-electron chi connectivity index (χ0n) is 11.3. The number of fused-ring (bicyclic) bond motifs is 1. The number of H-pyrrole nitrogens is 1. The Morgan fingerprint density at radius 3 is 2.64 bits per heavy atom. The maximum atomic E-state index is 11.9. The molecule has 22 heavy (non-hydrogen) atoms. The van der Waals surface area contributed by atoms with E-state index in [1.165, 1.54) is 6.33 Å².